The minimum atomic E-state index is 0.616. The van der Waals surface area contributed by atoms with Crippen molar-refractivity contribution < 1.29 is 0 Å². The summed E-state index contributed by atoms with van der Waals surface area (Å²) in [5.41, 5.74) is 9.68. The van der Waals surface area contributed by atoms with Crippen molar-refractivity contribution in [2.24, 2.45) is 11.7 Å². The zero-order valence-corrected chi connectivity index (χ0v) is 11.8. The second-order valence-corrected chi connectivity index (χ2v) is 5.63. The third kappa shape index (κ3) is 3.03. The van der Waals surface area contributed by atoms with Crippen molar-refractivity contribution in [1.29, 1.82) is 0 Å². The summed E-state index contributed by atoms with van der Waals surface area (Å²) >= 11 is 0. The largest absolute Gasteiger partial charge is 0.374 e. The normalized spacial score (nSPS) is 20.3. The Bertz CT molecular complexity index is 403. The highest BCUT2D eigenvalue weighted by Crippen LogP contribution is 2.24. The zero-order valence-electron chi connectivity index (χ0n) is 11.8. The molecule has 1 atom stereocenters. The van der Waals surface area contributed by atoms with Crippen LogP contribution in [-0.2, 0) is 6.54 Å². The van der Waals surface area contributed by atoms with Gasteiger partial charge >= 0.3 is 0 Å². The molecule has 3 heteroatoms. The molecular formula is C15H25N3. The first kappa shape index (κ1) is 13.4. The molecule has 0 spiro atoms. The first-order valence-corrected chi connectivity index (χ1v) is 6.79. The summed E-state index contributed by atoms with van der Waals surface area (Å²) in [4.78, 5) is 4.79. The molecule has 1 fully saturated rings. The third-order valence-electron chi connectivity index (χ3n) is 3.89. The van der Waals surface area contributed by atoms with Crippen LogP contribution in [0.1, 0.15) is 17.5 Å². The molecule has 0 amide bonds. The fourth-order valence-corrected chi connectivity index (χ4v) is 2.86. The number of rotatable bonds is 4. The average Bonchev–Trinajstić information content (AvgIpc) is 2.74. The topological polar surface area (TPSA) is 32.5 Å². The van der Waals surface area contributed by atoms with E-state index in [1.165, 1.54) is 36.3 Å². The Morgan fingerprint density at radius 1 is 1.44 bits per heavy atom. The van der Waals surface area contributed by atoms with Crippen molar-refractivity contribution >= 4 is 5.69 Å². The lowest BCUT2D eigenvalue weighted by Crippen LogP contribution is -2.28. The lowest BCUT2D eigenvalue weighted by molar-refractivity contribution is 0.396. The first-order valence-electron chi connectivity index (χ1n) is 6.79. The molecular weight excluding hydrogens is 222 g/mol. The van der Waals surface area contributed by atoms with Crippen molar-refractivity contribution in [2.75, 3.05) is 38.6 Å². The van der Waals surface area contributed by atoms with E-state index in [1.54, 1.807) is 0 Å². The van der Waals surface area contributed by atoms with Gasteiger partial charge in [0, 0.05) is 32.4 Å². The highest BCUT2D eigenvalue weighted by molar-refractivity contribution is 5.55. The van der Waals surface area contributed by atoms with E-state index in [-0.39, 0.29) is 0 Å². The minimum Gasteiger partial charge on any atom is -0.374 e. The molecule has 0 saturated carbocycles. The van der Waals surface area contributed by atoms with E-state index in [4.69, 9.17) is 5.73 Å². The Hall–Kier alpha value is -1.06. The molecule has 0 aromatic heterocycles. The number of likely N-dealkylation sites (tertiary alicyclic amines) is 1. The van der Waals surface area contributed by atoms with E-state index in [2.05, 4.69) is 49.0 Å². The number of benzene rings is 1. The van der Waals surface area contributed by atoms with E-state index in [9.17, 15) is 0 Å². The van der Waals surface area contributed by atoms with Crippen LogP contribution in [0.3, 0.4) is 0 Å². The fourth-order valence-electron chi connectivity index (χ4n) is 2.86. The van der Waals surface area contributed by atoms with Gasteiger partial charge in [0.25, 0.3) is 0 Å². The first-order chi connectivity index (χ1) is 8.60. The average molecular weight is 247 g/mol. The number of anilines is 1. The van der Waals surface area contributed by atoms with E-state index >= 15 is 0 Å². The van der Waals surface area contributed by atoms with Gasteiger partial charge in [-0.2, -0.15) is 0 Å². The number of nitrogens with two attached hydrogens (primary N) is 1. The van der Waals surface area contributed by atoms with Crippen LogP contribution in [0.25, 0.3) is 0 Å². The lowest BCUT2D eigenvalue weighted by atomic mass is 10.1. The van der Waals surface area contributed by atoms with Gasteiger partial charge in [-0.3, -0.25) is 0 Å². The van der Waals surface area contributed by atoms with E-state index in [1.807, 2.05) is 0 Å². The van der Waals surface area contributed by atoms with Crippen LogP contribution in [0.5, 0.6) is 0 Å². The Morgan fingerprint density at radius 3 is 2.83 bits per heavy atom. The van der Waals surface area contributed by atoms with Crippen LogP contribution < -0.4 is 10.6 Å². The van der Waals surface area contributed by atoms with Gasteiger partial charge in [-0.1, -0.05) is 12.1 Å². The molecule has 0 bridgehead atoms. The molecule has 3 nitrogen and oxygen atoms in total. The third-order valence-corrected chi connectivity index (χ3v) is 3.89. The number of aryl methyl sites for hydroxylation is 1. The molecule has 2 rings (SSSR count). The van der Waals surface area contributed by atoms with Gasteiger partial charge in [0.15, 0.2) is 0 Å². The Kier molecular flexibility index (Phi) is 4.25. The molecule has 18 heavy (non-hydrogen) atoms. The van der Waals surface area contributed by atoms with E-state index < -0.39 is 0 Å². The predicted molar refractivity (Wildman–Crippen MR) is 77.9 cm³/mol. The summed E-state index contributed by atoms with van der Waals surface area (Å²) in [5, 5.41) is 0. The van der Waals surface area contributed by atoms with Gasteiger partial charge in [0.2, 0.25) is 0 Å². The number of hydrogen-bond donors (Lipinski definition) is 1. The van der Waals surface area contributed by atoms with Crippen molar-refractivity contribution in [3.8, 4) is 0 Å². The van der Waals surface area contributed by atoms with Crippen LogP contribution >= 0.6 is 0 Å². The van der Waals surface area contributed by atoms with Crippen LogP contribution in [0.15, 0.2) is 18.2 Å². The summed E-state index contributed by atoms with van der Waals surface area (Å²) < 4.78 is 0. The van der Waals surface area contributed by atoms with E-state index in [0.29, 0.717) is 6.54 Å². The van der Waals surface area contributed by atoms with Crippen LogP contribution in [0.2, 0.25) is 0 Å². The summed E-state index contributed by atoms with van der Waals surface area (Å²) in [6.45, 7) is 6.33. The summed E-state index contributed by atoms with van der Waals surface area (Å²) in [5.74, 6) is 0.783. The second-order valence-electron chi connectivity index (χ2n) is 5.63. The highest BCUT2D eigenvalue weighted by atomic mass is 15.2. The monoisotopic (exact) mass is 247 g/mol. The van der Waals surface area contributed by atoms with Crippen LogP contribution in [-0.4, -0.2) is 38.6 Å². The van der Waals surface area contributed by atoms with Gasteiger partial charge in [0.1, 0.15) is 0 Å². The highest BCUT2D eigenvalue weighted by Gasteiger charge is 2.21. The molecule has 1 heterocycles. The van der Waals surface area contributed by atoms with Crippen molar-refractivity contribution in [3.63, 3.8) is 0 Å². The summed E-state index contributed by atoms with van der Waals surface area (Å²) in [6.07, 6.45) is 1.31. The second kappa shape index (κ2) is 5.72. The van der Waals surface area contributed by atoms with Gasteiger partial charge in [-0.05, 0) is 50.0 Å². The molecule has 1 saturated heterocycles. The summed E-state index contributed by atoms with van der Waals surface area (Å²) in [7, 11) is 4.39. The number of nitrogens with zero attached hydrogens (tertiary/aromatic N) is 2. The van der Waals surface area contributed by atoms with Crippen LogP contribution in [0.4, 0.5) is 5.69 Å². The minimum absolute atomic E-state index is 0.616. The Labute approximate surface area is 111 Å². The quantitative estimate of drug-likeness (QED) is 0.881. The standard InChI is InChI=1S/C15H25N3/c1-12-4-5-14(9-16)15(8-12)18(3)11-13-6-7-17(2)10-13/h4-5,8,13H,6-7,9-11,16H2,1-3H3. The molecule has 1 aromatic rings. The van der Waals surface area contributed by atoms with Crippen molar-refractivity contribution in [2.45, 2.75) is 19.9 Å². The predicted octanol–water partition coefficient (Wildman–Crippen LogP) is 1.84. The molecule has 0 aliphatic carbocycles. The number of hydrogen-bond acceptors (Lipinski definition) is 3. The van der Waals surface area contributed by atoms with Crippen molar-refractivity contribution in [1.82, 2.24) is 4.90 Å². The maximum absolute atomic E-state index is 5.83. The smallest absolute Gasteiger partial charge is 0.0411 e. The maximum atomic E-state index is 5.83. The summed E-state index contributed by atoms with van der Waals surface area (Å²) in [6, 6.07) is 6.55. The lowest BCUT2D eigenvalue weighted by Gasteiger charge is -2.25. The Balaban J connectivity index is 2.08. The van der Waals surface area contributed by atoms with Gasteiger partial charge in [-0.15, -0.1) is 0 Å². The fraction of sp³-hybridized carbons (Fsp3) is 0.600. The van der Waals surface area contributed by atoms with Crippen molar-refractivity contribution in [3.05, 3.63) is 29.3 Å². The van der Waals surface area contributed by atoms with E-state index in [0.717, 1.165) is 12.5 Å². The molecule has 1 unspecified atom stereocenters. The zero-order chi connectivity index (χ0) is 13.1. The molecule has 1 aliphatic rings. The maximum Gasteiger partial charge on any atom is 0.0411 e. The van der Waals surface area contributed by atoms with Gasteiger partial charge < -0.3 is 15.5 Å². The SMILES string of the molecule is Cc1ccc(CN)c(N(C)CC2CCN(C)C2)c1. The van der Waals surface area contributed by atoms with Gasteiger partial charge in [-0.25, -0.2) is 0 Å². The molecule has 0 radical (unpaired) electrons. The molecule has 100 valence electrons. The molecule has 2 N–H and O–H groups in total. The van der Waals surface area contributed by atoms with Gasteiger partial charge in [0.05, 0.1) is 0 Å². The van der Waals surface area contributed by atoms with Crippen LogP contribution in [0, 0.1) is 12.8 Å². The molecule has 1 aliphatic heterocycles. The molecule has 1 aromatic carbocycles. The Morgan fingerprint density at radius 2 is 2.22 bits per heavy atom.